The Balaban J connectivity index is 2.03. The van der Waals surface area contributed by atoms with Gasteiger partial charge in [-0.2, -0.15) is 0 Å². The molecule has 3 heteroatoms. The second kappa shape index (κ2) is 6.39. The predicted octanol–water partition coefficient (Wildman–Crippen LogP) is 4.05. The second-order valence-corrected chi connectivity index (χ2v) is 4.74. The fourth-order valence-corrected chi connectivity index (χ4v) is 2.14. The molecule has 0 saturated carbocycles. The van der Waals surface area contributed by atoms with Gasteiger partial charge in [0, 0.05) is 11.9 Å². The van der Waals surface area contributed by atoms with Gasteiger partial charge in [-0.15, -0.1) is 0 Å². The average Bonchev–Trinajstić information content (AvgIpc) is 2.37. The van der Waals surface area contributed by atoms with Crippen LogP contribution in [0.3, 0.4) is 0 Å². The van der Waals surface area contributed by atoms with E-state index in [4.69, 9.17) is 16.3 Å². The molecule has 0 spiro atoms. The minimum absolute atomic E-state index is 0.303. The van der Waals surface area contributed by atoms with Crippen LogP contribution in [0.2, 0.25) is 5.02 Å². The number of benzene rings is 2. The quantitative estimate of drug-likeness (QED) is 0.621. The first-order valence-corrected chi connectivity index (χ1v) is 6.54. The summed E-state index contributed by atoms with van der Waals surface area (Å²) in [5.41, 5.74) is 2.25. The Kier molecular flexibility index (Phi) is 4.58. The Morgan fingerprint density at radius 3 is 2.63 bits per heavy atom. The zero-order chi connectivity index (χ0) is 13.7. The molecule has 2 rings (SSSR count). The van der Waals surface area contributed by atoms with Crippen LogP contribution in [0.1, 0.15) is 18.1 Å². The first kappa shape index (κ1) is 13.6. The molecule has 0 aromatic heterocycles. The SMILES string of the molecule is CC(=O)Oc1cccc(CCc2ccccc2Cl)c1. The van der Waals surface area contributed by atoms with Gasteiger partial charge in [0.2, 0.25) is 0 Å². The van der Waals surface area contributed by atoms with Crippen LogP contribution in [0, 0.1) is 0 Å². The summed E-state index contributed by atoms with van der Waals surface area (Å²) in [6.45, 7) is 1.40. The number of esters is 1. The second-order valence-electron chi connectivity index (χ2n) is 4.33. The summed E-state index contributed by atoms with van der Waals surface area (Å²) >= 11 is 6.12. The number of rotatable bonds is 4. The van der Waals surface area contributed by atoms with Crippen LogP contribution < -0.4 is 4.74 Å². The number of hydrogen-bond acceptors (Lipinski definition) is 2. The van der Waals surface area contributed by atoms with E-state index in [0.717, 1.165) is 29.0 Å². The van der Waals surface area contributed by atoms with Gasteiger partial charge in [0.05, 0.1) is 0 Å². The lowest BCUT2D eigenvalue weighted by Gasteiger charge is -2.06. The van der Waals surface area contributed by atoms with Crippen molar-refractivity contribution in [3.8, 4) is 5.75 Å². The van der Waals surface area contributed by atoms with Gasteiger partial charge in [0.15, 0.2) is 0 Å². The van der Waals surface area contributed by atoms with Crippen molar-refractivity contribution in [2.75, 3.05) is 0 Å². The largest absolute Gasteiger partial charge is 0.427 e. The zero-order valence-corrected chi connectivity index (χ0v) is 11.5. The van der Waals surface area contributed by atoms with Crippen LogP contribution >= 0.6 is 11.6 Å². The van der Waals surface area contributed by atoms with E-state index in [0.29, 0.717) is 5.75 Å². The van der Waals surface area contributed by atoms with Crippen LogP contribution in [-0.4, -0.2) is 5.97 Å². The monoisotopic (exact) mass is 274 g/mol. The molecular formula is C16H15ClO2. The third kappa shape index (κ3) is 4.11. The van der Waals surface area contributed by atoms with E-state index in [1.165, 1.54) is 6.92 Å². The van der Waals surface area contributed by atoms with Crippen LogP contribution in [0.4, 0.5) is 0 Å². The lowest BCUT2D eigenvalue weighted by Crippen LogP contribution is -2.01. The molecule has 0 unspecified atom stereocenters. The van der Waals surface area contributed by atoms with Gasteiger partial charge in [-0.3, -0.25) is 4.79 Å². The van der Waals surface area contributed by atoms with Gasteiger partial charge in [-0.1, -0.05) is 41.9 Å². The van der Waals surface area contributed by atoms with Crippen molar-refractivity contribution in [3.63, 3.8) is 0 Å². The van der Waals surface area contributed by atoms with Gasteiger partial charge in [0.1, 0.15) is 5.75 Å². The normalized spacial score (nSPS) is 10.2. The minimum atomic E-state index is -0.303. The Labute approximate surface area is 118 Å². The summed E-state index contributed by atoms with van der Waals surface area (Å²) in [7, 11) is 0. The fraction of sp³-hybridized carbons (Fsp3) is 0.188. The highest BCUT2D eigenvalue weighted by Gasteiger charge is 2.02. The van der Waals surface area contributed by atoms with E-state index in [2.05, 4.69) is 0 Å². The van der Waals surface area contributed by atoms with E-state index < -0.39 is 0 Å². The third-order valence-corrected chi connectivity index (χ3v) is 3.17. The maximum Gasteiger partial charge on any atom is 0.308 e. The molecule has 0 saturated heterocycles. The molecule has 98 valence electrons. The minimum Gasteiger partial charge on any atom is -0.427 e. The molecule has 0 aliphatic rings. The van der Waals surface area contributed by atoms with Gasteiger partial charge < -0.3 is 4.74 Å². The summed E-state index contributed by atoms with van der Waals surface area (Å²) < 4.78 is 5.07. The van der Waals surface area contributed by atoms with Gasteiger partial charge >= 0.3 is 5.97 Å². The van der Waals surface area contributed by atoms with Crippen molar-refractivity contribution in [2.45, 2.75) is 19.8 Å². The predicted molar refractivity (Wildman–Crippen MR) is 76.6 cm³/mol. The highest BCUT2D eigenvalue weighted by atomic mass is 35.5. The Hall–Kier alpha value is -1.80. The topological polar surface area (TPSA) is 26.3 Å². The summed E-state index contributed by atoms with van der Waals surface area (Å²) in [6.07, 6.45) is 1.72. The van der Waals surface area contributed by atoms with Crippen molar-refractivity contribution in [2.24, 2.45) is 0 Å². The number of aryl methyl sites for hydroxylation is 2. The van der Waals surface area contributed by atoms with Gasteiger partial charge in [-0.25, -0.2) is 0 Å². The van der Waals surface area contributed by atoms with Gasteiger partial charge in [0.25, 0.3) is 0 Å². The van der Waals surface area contributed by atoms with Crippen LogP contribution in [-0.2, 0) is 17.6 Å². The Morgan fingerprint density at radius 1 is 1.11 bits per heavy atom. The van der Waals surface area contributed by atoms with Crippen molar-refractivity contribution < 1.29 is 9.53 Å². The highest BCUT2D eigenvalue weighted by molar-refractivity contribution is 6.31. The molecule has 0 N–H and O–H groups in total. The molecule has 0 aliphatic heterocycles. The van der Waals surface area contributed by atoms with E-state index in [1.807, 2.05) is 42.5 Å². The molecule has 0 atom stereocenters. The smallest absolute Gasteiger partial charge is 0.308 e. The molecule has 0 heterocycles. The van der Waals surface area contributed by atoms with E-state index in [1.54, 1.807) is 6.07 Å². The molecule has 19 heavy (non-hydrogen) atoms. The number of ether oxygens (including phenoxy) is 1. The number of halogens is 1. The van der Waals surface area contributed by atoms with E-state index >= 15 is 0 Å². The maximum atomic E-state index is 10.9. The molecule has 0 radical (unpaired) electrons. The summed E-state index contributed by atoms with van der Waals surface area (Å²) in [5, 5.41) is 0.790. The van der Waals surface area contributed by atoms with Crippen LogP contribution in [0.15, 0.2) is 48.5 Å². The molecule has 0 aliphatic carbocycles. The lowest BCUT2D eigenvalue weighted by atomic mass is 10.0. The molecule has 2 nitrogen and oxygen atoms in total. The lowest BCUT2D eigenvalue weighted by molar-refractivity contribution is -0.131. The standard InChI is InChI=1S/C16H15ClO2/c1-12(18)19-15-7-4-5-13(11-15)9-10-14-6-2-3-8-16(14)17/h2-8,11H,9-10H2,1H3. The fourth-order valence-electron chi connectivity index (χ4n) is 1.91. The zero-order valence-electron chi connectivity index (χ0n) is 10.7. The van der Waals surface area contributed by atoms with Crippen molar-refractivity contribution in [1.29, 1.82) is 0 Å². The van der Waals surface area contributed by atoms with Gasteiger partial charge in [-0.05, 0) is 42.2 Å². The highest BCUT2D eigenvalue weighted by Crippen LogP contribution is 2.19. The van der Waals surface area contributed by atoms with Crippen molar-refractivity contribution in [3.05, 3.63) is 64.7 Å². The number of carbonyl (C=O) groups is 1. The third-order valence-electron chi connectivity index (χ3n) is 2.80. The molecule has 2 aromatic carbocycles. The van der Waals surface area contributed by atoms with Crippen molar-refractivity contribution >= 4 is 17.6 Å². The van der Waals surface area contributed by atoms with E-state index in [9.17, 15) is 4.79 Å². The molecule has 0 amide bonds. The molecule has 2 aromatic rings. The number of carbonyl (C=O) groups excluding carboxylic acids is 1. The molecule has 0 bridgehead atoms. The summed E-state index contributed by atoms with van der Waals surface area (Å²) in [5.74, 6) is 0.285. The van der Waals surface area contributed by atoms with Crippen LogP contribution in [0.25, 0.3) is 0 Å². The summed E-state index contributed by atoms with van der Waals surface area (Å²) in [4.78, 5) is 10.9. The maximum absolute atomic E-state index is 10.9. The first-order valence-electron chi connectivity index (χ1n) is 6.16. The molecule has 0 fully saturated rings. The Bertz CT molecular complexity index is 578. The van der Waals surface area contributed by atoms with Crippen LogP contribution in [0.5, 0.6) is 5.75 Å². The first-order chi connectivity index (χ1) is 9.15. The van der Waals surface area contributed by atoms with Crippen molar-refractivity contribution in [1.82, 2.24) is 0 Å². The number of hydrogen-bond donors (Lipinski definition) is 0. The average molecular weight is 275 g/mol. The Morgan fingerprint density at radius 2 is 1.89 bits per heavy atom. The summed E-state index contributed by atoms with van der Waals surface area (Å²) in [6, 6.07) is 15.4. The van der Waals surface area contributed by atoms with E-state index in [-0.39, 0.29) is 5.97 Å². The molecular weight excluding hydrogens is 260 g/mol.